The molecule has 1 heterocycles. The summed E-state index contributed by atoms with van der Waals surface area (Å²) in [6.45, 7) is 2.26. The van der Waals surface area contributed by atoms with Gasteiger partial charge in [-0.15, -0.1) is 0 Å². The molecule has 0 bridgehead atoms. The van der Waals surface area contributed by atoms with Crippen LogP contribution in [0.1, 0.15) is 39.0 Å². The monoisotopic (exact) mass is 248 g/mol. The molecule has 18 heavy (non-hydrogen) atoms. The van der Waals surface area contributed by atoms with Crippen molar-refractivity contribution in [2.24, 2.45) is 5.92 Å². The SMILES string of the molecule is CC[C@@H](NC)C1CCC(Oc2ccncc2)CC1. The summed E-state index contributed by atoms with van der Waals surface area (Å²) in [4.78, 5) is 4.01. The van der Waals surface area contributed by atoms with Crippen molar-refractivity contribution in [2.75, 3.05) is 7.05 Å². The first-order chi connectivity index (χ1) is 8.83. The normalized spacial score (nSPS) is 25.7. The first-order valence-corrected chi connectivity index (χ1v) is 7.07. The molecule has 0 aliphatic heterocycles. The fraction of sp³-hybridized carbons (Fsp3) is 0.667. The van der Waals surface area contributed by atoms with Crippen molar-refractivity contribution >= 4 is 0 Å². The van der Waals surface area contributed by atoms with Crippen LogP contribution in [0, 0.1) is 5.92 Å². The van der Waals surface area contributed by atoms with Crippen molar-refractivity contribution in [1.29, 1.82) is 0 Å². The van der Waals surface area contributed by atoms with E-state index in [9.17, 15) is 0 Å². The van der Waals surface area contributed by atoms with Gasteiger partial charge in [-0.2, -0.15) is 0 Å². The maximum atomic E-state index is 5.99. The van der Waals surface area contributed by atoms with Gasteiger partial charge in [-0.1, -0.05) is 6.92 Å². The molecule has 0 saturated heterocycles. The second-order valence-electron chi connectivity index (χ2n) is 5.14. The van der Waals surface area contributed by atoms with Gasteiger partial charge in [0.25, 0.3) is 0 Å². The van der Waals surface area contributed by atoms with E-state index in [0.717, 1.165) is 11.7 Å². The quantitative estimate of drug-likeness (QED) is 0.869. The van der Waals surface area contributed by atoms with Crippen LogP contribution >= 0.6 is 0 Å². The van der Waals surface area contributed by atoms with Gasteiger partial charge in [-0.05, 0) is 57.2 Å². The van der Waals surface area contributed by atoms with Crippen LogP contribution in [0.4, 0.5) is 0 Å². The molecule has 1 N–H and O–H groups in total. The molecule has 1 aliphatic carbocycles. The van der Waals surface area contributed by atoms with E-state index in [0.29, 0.717) is 12.1 Å². The number of pyridine rings is 1. The van der Waals surface area contributed by atoms with Crippen molar-refractivity contribution in [1.82, 2.24) is 10.3 Å². The number of nitrogens with zero attached hydrogens (tertiary/aromatic N) is 1. The standard InChI is InChI=1S/C15H24N2O/c1-3-15(16-2)12-4-6-13(7-5-12)18-14-8-10-17-11-9-14/h8-13,15-16H,3-7H2,1-2H3/t12?,13?,15-/m1/s1. The average Bonchev–Trinajstić information content (AvgIpc) is 2.43. The Bertz CT molecular complexity index is 330. The van der Waals surface area contributed by atoms with Gasteiger partial charge in [-0.3, -0.25) is 4.98 Å². The highest BCUT2D eigenvalue weighted by Crippen LogP contribution is 2.30. The van der Waals surface area contributed by atoms with Gasteiger partial charge < -0.3 is 10.1 Å². The lowest BCUT2D eigenvalue weighted by Crippen LogP contribution is -2.37. The molecule has 1 aliphatic rings. The summed E-state index contributed by atoms with van der Waals surface area (Å²) < 4.78 is 5.99. The highest BCUT2D eigenvalue weighted by molar-refractivity contribution is 5.17. The summed E-state index contributed by atoms with van der Waals surface area (Å²) in [7, 11) is 2.08. The fourth-order valence-corrected chi connectivity index (χ4v) is 2.99. The molecule has 1 fully saturated rings. The van der Waals surface area contributed by atoms with E-state index < -0.39 is 0 Å². The highest BCUT2D eigenvalue weighted by Gasteiger charge is 2.26. The Labute approximate surface area is 110 Å². The van der Waals surface area contributed by atoms with E-state index >= 15 is 0 Å². The average molecular weight is 248 g/mol. The minimum atomic E-state index is 0.387. The molecule has 0 unspecified atom stereocenters. The molecule has 0 radical (unpaired) electrons. The lowest BCUT2D eigenvalue weighted by Gasteiger charge is -2.33. The molecular weight excluding hydrogens is 224 g/mol. The Morgan fingerprint density at radius 3 is 2.50 bits per heavy atom. The topological polar surface area (TPSA) is 34.1 Å². The molecule has 1 atom stereocenters. The molecule has 100 valence electrons. The Balaban J connectivity index is 1.80. The van der Waals surface area contributed by atoms with E-state index in [2.05, 4.69) is 24.3 Å². The van der Waals surface area contributed by atoms with Gasteiger partial charge in [0, 0.05) is 18.4 Å². The van der Waals surface area contributed by atoms with Crippen molar-refractivity contribution < 1.29 is 4.74 Å². The lowest BCUT2D eigenvalue weighted by molar-refractivity contribution is 0.118. The molecule has 3 heteroatoms. The zero-order valence-electron chi connectivity index (χ0n) is 11.4. The van der Waals surface area contributed by atoms with Gasteiger partial charge in [0.15, 0.2) is 0 Å². The molecule has 0 aromatic carbocycles. The van der Waals surface area contributed by atoms with E-state index in [4.69, 9.17) is 4.74 Å². The van der Waals surface area contributed by atoms with Crippen molar-refractivity contribution in [2.45, 2.75) is 51.2 Å². The third kappa shape index (κ3) is 3.45. The van der Waals surface area contributed by atoms with E-state index in [1.165, 1.54) is 32.1 Å². The summed E-state index contributed by atoms with van der Waals surface area (Å²) in [5, 5.41) is 3.44. The number of hydrogen-bond donors (Lipinski definition) is 1. The van der Waals surface area contributed by atoms with Gasteiger partial charge in [0.05, 0.1) is 6.10 Å². The van der Waals surface area contributed by atoms with Crippen LogP contribution in [-0.4, -0.2) is 24.2 Å². The maximum Gasteiger partial charge on any atom is 0.122 e. The smallest absolute Gasteiger partial charge is 0.122 e. The second-order valence-corrected chi connectivity index (χ2v) is 5.14. The van der Waals surface area contributed by atoms with E-state index in [1.54, 1.807) is 12.4 Å². The van der Waals surface area contributed by atoms with Crippen LogP contribution in [0.5, 0.6) is 5.75 Å². The molecule has 2 rings (SSSR count). The fourth-order valence-electron chi connectivity index (χ4n) is 2.99. The van der Waals surface area contributed by atoms with Crippen LogP contribution in [0.25, 0.3) is 0 Å². The predicted octanol–water partition coefficient (Wildman–Crippen LogP) is 3.02. The largest absolute Gasteiger partial charge is 0.490 e. The summed E-state index contributed by atoms with van der Waals surface area (Å²) in [6, 6.07) is 4.55. The molecule has 1 saturated carbocycles. The summed E-state index contributed by atoms with van der Waals surface area (Å²) in [6.07, 6.45) is 10.1. The Morgan fingerprint density at radius 1 is 1.28 bits per heavy atom. The van der Waals surface area contributed by atoms with Crippen molar-refractivity contribution in [3.05, 3.63) is 24.5 Å². The van der Waals surface area contributed by atoms with Gasteiger partial charge in [0.2, 0.25) is 0 Å². The lowest BCUT2D eigenvalue weighted by atomic mass is 9.81. The minimum Gasteiger partial charge on any atom is -0.490 e. The molecule has 1 aromatic heterocycles. The number of aromatic nitrogens is 1. The predicted molar refractivity (Wildman–Crippen MR) is 73.7 cm³/mol. The Morgan fingerprint density at radius 2 is 1.94 bits per heavy atom. The third-order valence-corrected chi connectivity index (χ3v) is 4.05. The number of hydrogen-bond acceptors (Lipinski definition) is 3. The third-order valence-electron chi connectivity index (χ3n) is 4.05. The molecule has 3 nitrogen and oxygen atoms in total. The van der Waals surface area contributed by atoms with Crippen molar-refractivity contribution in [3.8, 4) is 5.75 Å². The van der Waals surface area contributed by atoms with Crippen LogP contribution in [-0.2, 0) is 0 Å². The van der Waals surface area contributed by atoms with Crippen LogP contribution in [0.15, 0.2) is 24.5 Å². The molecule has 0 amide bonds. The Hall–Kier alpha value is -1.09. The van der Waals surface area contributed by atoms with Gasteiger partial charge in [-0.25, -0.2) is 0 Å². The Kier molecular flexibility index (Phi) is 5.00. The van der Waals surface area contributed by atoms with E-state index in [1.807, 2.05) is 12.1 Å². The molecule has 1 aromatic rings. The van der Waals surface area contributed by atoms with Crippen LogP contribution in [0.3, 0.4) is 0 Å². The van der Waals surface area contributed by atoms with Crippen LogP contribution < -0.4 is 10.1 Å². The number of ether oxygens (including phenoxy) is 1. The van der Waals surface area contributed by atoms with Crippen molar-refractivity contribution in [3.63, 3.8) is 0 Å². The first-order valence-electron chi connectivity index (χ1n) is 7.07. The summed E-state index contributed by atoms with van der Waals surface area (Å²) in [5.41, 5.74) is 0. The first kappa shape index (κ1) is 13.3. The van der Waals surface area contributed by atoms with Crippen LogP contribution in [0.2, 0.25) is 0 Å². The maximum absolute atomic E-state index is 5.99. The zero-order chi connectivity index (χ0) is 12.8. The number of nitrogens with one attached hydrogen (secondary N) is 1. The van der Waals surface area contributed by atoms with Gasteiger partial charge >= 0.3 is 0 Å². The summed E-state index contributed by atoms with van der Waals surface area (Å²) >= 11 is 0. The summed E-state index contributed by atoms with van der Waals surface area (Å²) in [5.74, 6) is 1.77. The van der Waals surface area contributed by atoms with E-state index in [-0.39, 0.29) is 0 Å². The van der Waals surface area contributed by atoms with Gasteiger partial charge in [0.1, 0.15) is 5.75 Å². The molecule has 0 spiro atoms. The zero-order valence-corrected chi connectivity index (χ0v) is 11.4. The minimum absolute atomic E-state index is 0.387. The molecular formula is C15H24N2O. The number of rotatable bonds is 5. The second kappa shape index (κ2) is 6.74. The highest BCUT2D eigenvalue weighted by atomic mass is 16.5.